The fraction of sp³-hybridized carbons (Fsp3) is 0.0476. The number of hydrogen-bond donors (Lipinski definition) is 2. The van der Waals surface area contributed by atoms with Gasteiger partial charge in [-0.1, -0.05) is 58.4 Å². The van der Waals surface area contributed by atoms with Crippen molar-refractivity contribution in [2.24, 2.45) is 5.10 Å². The summed E-state index contributed by atoms with van der Waals surface area (Å²) in [5.74, 6) is -0.140. The first-order valence-electron chi connectivity index (χ1n) is 8.26. The number of H-pyrrole nitrogens is 1. The fourth-order valence-electron chi connectivity index (χ4n) is 3.05. The first-order valence-corrected chi connectivity index (χ1v) is 9.05. The Morgan fingerprint density at radius 1 is 1.08 bits per heavy atom. The largest absolute Gasteiger partial charge is 0.361 e. The van der Waals surface area contributed by atoms with E-state index in [1.54, 1.807) is 6.21 Å². The molecule has 4 aromatic rings. The predicted octanol–water partition coefficient (Wildman–Crippen LogP) is 4.78. The highest BCUT2D eigenvalue weighted by Gasteiger charge is 2.06. The van der Waals surface area contributed by atoms with Gasteiger partial charge in [0.1, 0.15) is 0 Å². The molecule has 1 heterocycles. The number of carbonyl (C=O) groups is 1. The van der Waals surface area contributed by atoms with E-state index in [1.807, 2.05) is 66.9 Å². The number of hydrogen-bond acceptors (Lipinski definition) is 2. The van der Waals surface area contributed by atoms with Crippen LogP contribution in [0.2, 0.25) is 0 Å². The highest BCUT2D eigenvalue weighted by molar-refractivity contribution is 9.10. The highest BCUT2D eigenvalue weighted by Crippen LogP contribution is 2.21. The Morgan fingerprint density at radius 2 is 1.92 bits per heavy atom. The molecule has 0 saturated carbocycles. The molecule has 4 nitrogen and oxygen atoms in total. The number of amides is 1. The molecule has 2 N–H and O–H groups in total. The predicted molar refractivity (Wildman–Crippen MR) is 109 cm³/mol. The van der Waals surface area contributed by atoms with Gasteiger partial charge >= 0.3 is 0 Å². The molecular weight excluding hydrogens is 390 g/mol. The Kier molecular flexibility index (Phi) is 4.54. The van der Waals surface area contributed by atoms with E-state index in [1.165, 1.54) is 0 Å². The number of halogens is 1. The quantitative estimate of drug-likeness (QED) is 0.372. The molecule has 128 valence electrons. The van der Waals surface area contributed by atoms with Crippen LogP contribution in [-0.4, -0.2) is 17.1 Å². The van der Waals surface area contributed by atoms with Gasteiger partial charge in [-0.2, -0.15) is 5.10 Å². The molecule has 4 rings (SSSR count). The first-order chi connectivity index (χ1) is 12.7. The second-order valence-electron chi connectivity index (χ2n) is 6.04. The monoisotopic (exact) mass is 405 g/mol. The van der Waals surface area contributed by atoms with E-state index in [0.717, 1.165) is 37.3 Å². The lowest BCUT2D eigenvalue weighted by Crippen LogP contribution is -2.19. The average molecular weight is 406 g/mol. The van der Waals surface area contributed by atoms with Crippen molar-refractivity contribution in [3.05, 3.63) is 82.5 Å². The molecule has 0 aliphatic rings. The summed E-state index contributed by atoms with van der Waals surface area (Å²) >= 11 is 3.47. The van der Waals surface area contributed by atoms with Gasteiger partial charge in [-0.15, -0.1) is 0 Å². The van der Waals surface area contributed by atoms with Crippen LogP contribution in [-0.2, 0) is 11.2 Å². The summed E-state index contributed by atoms with van der Waals surface area (Å²) in [6.45, 7) is 0. The van der Waals surface area contributed by atoms with Crippen LogP contribution in [0.5, 0.6) is 0 Å². The van der Waals surface area contributed by atoms with Crippen LogP contribution in [0.25, 0.3) is 21.7 Å². The number of nitrogens with one attached hydrogen (secondary N) is 2. The number of rotatable bonds is 4. The molecule has 0 fully saturated rings. The zero-order valence-electron chi connectivity index (χ0n) is 13.9. The lowest BCUT2D eigenvalue weighted by atomic mass is 10.0. The van der Waals surface area contributed by atoms with Gasteiger partial charge < -0.3 is 4.98 Å². The molecule has 1 aromatic heterocycles. The van der Waals surface area contributed by atoms with Crippen molar-refractivity contribution < 1.29 is 4.79 Å². The molecule has 0 aliphatic heterocycles. The molecule has 0 spiro atoms. The van der Waals surface area contributed by atoms with Crippen LogP contribution in [0.4, 0.5) is 0 Å². The van der Waals surface area contributed by atoms with Crippen molar-refractivity contribution in [1.82, 2.24) is 10.4 Å². The van der Waals surface area contributed by atoms with Crippen molar-refractivity contribution in [3.63, 3.8) is 0 Å². The van der Waals surface area contributed by atoms with Crippen molar-refractivity contribution >= 4 is 49.7 Å². The van der Waals surface area contributed by atoms with Crippen LogP contribution in [0.1, 0.15) is 11.1 Å². The smallest absolute Gasteiger partial charge is 0.244 e. The summed E-state index contributed by atoms with van der Waals surface area (Å²) in [6, 6.07) is 20.0. The summed E-state index contributed by atoms with van der Waals surface area (Å²) in [4.78, 5) is 15.5. The van der Waals surface area contributed by atoms with E-state index in [0.29, 0.717) is 0 Å². The molecule has 0 radical (unpaired) electrons. The maximum Gasteiger partial charge on any atom is 0.244 e. The van der Waals surface area contributed by atoms with Gasteiger partial charge in [-0.05, 0) is 34.5 Å². The minimum absolute atomic E-state index is 0.140. The van der Waals surface area contributed by atoms with Crippen molar-refractivity contribution in [2.45, 2.75) is 6.42 Å². The maximum absolute atomic E-state index is 12.3. The number of benzene rings is 3. The topological polar surface area (TPSA) is 57.2 Å². The van der Waals surface area contributed by atoms with Gasteiger partial charge in [-0.25, -0.2) is 5.43 Å². The van der Waals surface area contributed by atoms with Crippen molar-refractivity contribution in [2.75, 3.05) is 0 Å². The average Bonchev–Trinajstić information content (AvgIpc) is 3.04. The number of nitrogens with zero attached hydrogens (tertiary/aromatic N) is 1. The van der Waals surface area contributed by atoms with Crippen LogP contribution in [0.3, 0.4) is 0 Å². The highest BCUT2D eigenvalue weighted by atomic mass is 79.9. The van der Waals surface area contributed by atoms with E-state index in [2.05, 4.69) is 31.4 Å². The third kappa shape index (κ3) is 3.39. The Balaban J connectivity index is 1.48. The maximum atomic E-state index is 12.3. The molecule has 26 heavy (non-hydrogen) atoms. The molecule has 0 bridgehead atoms. The Morgan fingerprint density at radius 3 is 2.85 bits per heavy atom. The third-order valence-electron chi connectivity index (χ3n) is 4.30. The summed E-state index contributed by atoms with van der Waals surface area (Å²) in [7, 11) is 0. The van der Waals surface area contributed by atoms with E-state index >= 15 is 0 Å². The second-order valence-corrected chi connectivity index (χ2v) is 6.96. The van der Waals surface area contributed by atoms with Gasteiger partial charge in [0, 0.05) is 27.1 Å². The molecule has 0 atom stereocenters. The van der Waals surface area contributed by atoms with E-state index in [4.69, 9.17) is 0 Å². The lowest BCUT2D eigenvalue weighted by molar-refractivity contribution is -0.120. The molecule has 0 aliphatic carbocycles. The SMILES string of the molecule is O=C(Cc1cccc2ccccc12)NN=Cc1c[nH]c2ccc(Br)cc12. The van der Waals surface area contributed by atoms with Crippen LogP contribution >= 0.6 is 15.9 Å². The summed E-state index contributed by atoms with van der Waals surface area (Å²) in [5, 5.41) is 7.38. The van der Waals surface area contributed by atoms with Gasteiger partial charge in [0.2, 0.25) is 5.91 Å². The molecule has 0 unspecified atom stereocenters. The van der Waals surface area contributed by atoms with E-state index < -0.39 is 0 Å². The summed E-state index contributed by atoms with van der Waals surface area (Å²) in [5.41, 5.74) is 5.56. The molecule has 3 aromatic carbocycles. The summed E-state index contributed by atoms with van der Waals surface area (Å²) < 4.78 is 0.999. The zero-order valence-corrected chi connectivity index (χ0v) is 15.5. The lowest BCUT2D eigenvalue weighted by Gasteiger charge is -2.05. The number of fused-ring (bicyclic) bond motifs is 2. The number of aromatic amines is 1. The standard InChI is InChI=1S/C21H16BrN3O/c22-17-8-9-20-19(11-17)16(12-23-20)13-24-25-21(26)10-15-6-3-5-14-4-1-2-7-18(14)15/h1-9,11-13,23H,10H2,(H,25,26). The van der Waals surface area contributed by atoms with Gasteiger partial charge in [-0.3, -0.25) is 4.79 Å². The fourth-order valence-corrected chi connectivity index (χ4v) is 3.42. The van der Waals surface area contributed by atoms with Crippen LogP contribution in [0.15, 0.2) is 76.4 Å². The Bertz CT molecular complexity index is 1130. The number of hydrazone groups is 1. The zero-order chi connectivity index (χ0) is 17.9. The number of aromatic nitrogens is 1. The third-order valence-corrected chi connectivity index (χ3v) is 4.79. The van der Waals surface area contributed by atoms with E-state index in [9.17, 15) is 4.79 Å². The molecule has 5 heteroatoms. The minimum atomic E-state index is -0.140. The minimum Gasteiger partial charge on any atom is -0.361 e. The molecule has 0 saturated heterocycles. The van der Waals surface area contributed by atoms with Gasteiger partial charge in [0.15, 0.2) is 0 Å². The normalized spacial score (nSPS) is 11.4. The summed E-state index contributed by atoms with van der Waals surface area (Å²) in [6.07, 6.45) is 3.82. The number of carbonyl (C=O) groups excluding carboxylic acids is 1. The van der Waals surface area contributed by atoms with Crippen LogP contribution in [0, 0.1) is 0 Å². The molecular formula is C21H16BrN3O. The van der Waals surface area contributed by atoms with Crippen molar-refractivity contribution in [1.29, 1.82) is 0 Å². The van der Waals surface area contributed by atoms with Gasteiger partial charge in [0.05, 0.1) is 12.6 Å². The van der Waals surface area contributed by atoms with Crippen LogP contribution < -0.4 is 5.43 Å². The van der Waals surface area contributed by atoms with Gasteiger partial charge in [0.25, 0.3) is 0 Å². The Labute approximate surface area is 159 Å². The first kappa shape index (κ1) is 16.5. The molecule has 1 amide bonds. The van der Waals surface area contributed by atoms with Crippen molar-refractivity contribution in [3.8, 4) is 0 Å². The van der Waals surface area contributed by atoms with E-state index in [-0.39, 0.29) is 12.3 Å². The second kappa shape index (κ2) is 7.14. The Hall–Kier alpha value is -2.92.